The van der Waals surface area contributed by atoms with E-state index in [1.165, 1.54) is 11.3 Å². The molecule has 0 unspecified atom stereocenters. The molecule has 0 atom stereocenters. The molecule has 0 bridgehead atoms. The molecule has 2 heterocycles. The van der Waals surface area contributed by atoms with Gasteiger partial charge in [0, 0.05) is 22.6 Å². The van der Waals surface area contributed by atoms with Gasteiger partial charge in [-0.15, -0.1) is 22.7 Å². The largest absolute Gasteiger partial charge is 0.330 e. The molecule has 0 amide bonds. The Morgan fingerprint density at radius 1 is 1.20 bits per heavy atom. The smallest absolute Gasteiger partial charge is 0.188 e. The van der Waals surface area contributed by atoms with Crippen molar-refractivity contribution in [3.8, 4) is 0 Å². The molecular weight excluding hydrogens is 290 g/mol. The fourth-order valence-corrected chi connectivity index (χ4v) is 3.48. The summed E-state index contributed by atoms with van der Waals surface area (Å²) in [6, 6.07) is 0. The highest BCUT2D eigenvalue weighted by atomic mass is 32.1. The Kier molecular flexibility index (Phi) is 4.67. The second-order valence-electron chi connectivity index (χ2n) is 5.64. The number of ketones is 1. The summed E-state index contributed by atoms with van der Waals surface area (Å²) in [5.41, 5.74) is 7.07. The van der Waals surface area contributed by atoms with E-state index in [2.05, 4.69) is 30.7 Å². The Morgan fingerprint density at radius 2 is 1.90 bits per heavy atom. The minimum Gasteiger partial charge on any atom is -0.330 e. The molecule has 2 N–H and O–H groups in total. The van der Waals surface area contributed by atoms with Crippen LogP contribution in [0.3, 0.4) is 0 Å². The number of Topliss-reactive ketones (excluding diaryl/α,β-unsaturated/α-hetero) is 1. The molecule has 2 rings (SSSR count). The van der Waals surface area contributed by atoms with Crippen LogP contribution in [0.5, 0.6) is 0 Å². The molecule has 4 nitrogen and oxygen atoms in total. The van der Waals surface area contributed by atoms with E-state index in [-0.39, 0.29) is 11.2 Å². The Labute approximate surface area is 127 Å². The molecule has 6 heteroatoms. The maximum absolute atomic E-state index is 12.2. The third-order valence-corrected chi connectivity index (χ3v) is 4.58. The predicted octanol–water partition coefficient (Wildman–Crippen LogP) is 2.82. The van der Waals surface area contributed by atoms with E-state index in [0.717, 1.165) is 22.1 Å². The van der Waals surface area contributed by atoms with E-state index in [4.69, 9.17) is 5.73 Å². The Hall–Kier alpha value is -1.11. The van der Waals surface area contributed by atoms with Gasteiger partial charge in [0.2, 0.25) is 0 Å². The van der Waals surface area contributed by atoms with Crippen molar-refractivity contribution in [2.75, 3.05) is 6.54 Å². The highest BCUT2D eigenvalue weighted by Crippen LogP contribution is 2.24. The van der Waals surface area contributed by atoms with Crippen molar-refractivity contribution in [1.82, 2.24) is 9.97 Å². The van der Waals surface area contributed by atoms with Gasteiger partial charge in [0.05, 0.1) is 17.1 Å². The van der Waals surface area contributed by atoms with Crippen molar-refractivity contribution in [2.24, 2.45) is 5.73 Å². The minimum absolute atomic E-state index is 0.0206. The van der Waals surface area contributed by atoms with Gasteiger partial charge < -0.3 is 5.73 Å². The zero-order valence-electron chi connectivity index (χ0n) is 12.0. The molecule has 0 aliphatic carbocycles. The van der Waals surface area contributed by atoms with E-state index in [9.17, 15) is 4.79 Å². The monoisotopic (exact) mass is 309 g/mol. The SMILES string of the molecule is CC(C)(C)c1csc(CC(=O)c2csc(CCN)n2)n1. The highest BCUT2D eigenvalue weighted by molar-refractivity contribution is 7.10. The van der Waals surface area contributed by atoms with E-state index < -0.39 is 0 Å². The van der Waals surface area contributed by atoms with Gasteiger partial charge in [-0.25, -0.2) is 9.97 Å². The maximum atomic E-state index is 12.2. The number of thiazole rings is 2. The first-order chi connectivity index (χ1) is 9.40. The minimum atomic E-state index is 0.0206. The lowest BCUT2D eigenvalue weighted by Gasteiger charge is -2.14. The Morgan fingerprint density at radius 3 is 2.50 bits per heavy atom. The number of hydrogen-bond acceptors (Lipinski definition) is 6. The second kappa shape index (κ2) is 6.11. The molecule has 2 aromatic heterocycles. The van der Waals surface area contributed by atoms with E-state index >= 15 is 0 Å². The molecule has 0 saturated heterocycles. The number of rotatable bonds is 5. The van der Waals surface area contributed by atoms with Crippen LogP contribution >= 0.6 is 22.7 Å². The summed E-state index contributed by atoms with van der Waals surface area (Å²) >= 11 is 3.03. The van der Waals surface area contributed by atoms with Gasteiger partial charge >= 0.3 is 0 Å². The number of carbonyl (C=O) groups is 1. The number of hydrogen-bond donors (Lipinski definition) is 1. The molecule has 2 aromatic rings. The lowest BCUT2D eigenvalue weighted by atomic mass is 9.93. The first-order valence-corrected chi connectivity index (χ1v) is 8.28. The number of nitrogens with two attached hydrogens (primary N) is 1. The van der Waals surface area contributed by atoms with E-state index in [0.29, 0.717) is 18.7 Å². The summed E-state index contributed by atoms with van der Waals surface area (Å²) < 4.78 is 0. The summed E-state index contributed by atoms with van der Waals surface area (Å²) in [6.45, 7) is 6.91. The van der Waals surface area contributed by atoms with E-state index in [1.54, 1.807) is 11.3 Å². The molecule has 0 radical (unpaired) electrons. The van der Waals surface area contributed by atoms with Gasteiger partial charge in [0.1, 0.15) is 10.7 Å². The molecule has 0 saturated carbocycles. The fourth-order valence-electron chi connectivity index (χ4n) is 1.64. The van der Waals surface area contributed by atoms with E-state index in [1.807, 2.05) is 10.8 Å². The molecule has 108 valence electrons. The van der Waals surface area contributed by atoms with Crippen LogP contribution < -0.4 is 5.73 Å². The lowest BCUT2D eigenvalue weighted by Crippen LogP contribution is -2.12. The van der Waals surface area contributed by atoms with Crippen LogP contribution in [0.1, 0.15) is 47.0 Å². The summed E-state index contributed by atoms with van der Waals surface area (Å²) in [5, 5.41) is 5.62. The molecule has 0 aromatic carbocycles. The highest BCUT2D eigenvalue weighted by Gasteiger charge is 2.19. The molecule has 0 aliphatic heterocycles. The lowest BCUT2D eigenvalue weighted by molar-refractivity contribution is 0.0988. The Bertz CT molecular complexity index is 596. The van der Waals surface area contributed by atoms with Gasteiger partial charge in [0.15, 0.2) is 5.78 Å². The van der Waals surface area contributed by atoms with Gasteiger partial charge in [-0.1, -0.05) is 20.8 Å². The standard InChI is InChI=1S/C14H19N3OS2/c1-14(2,3)11-8-20-13(17-11)6-10(18)9-7-19-12(16-9)4-5-15/h7-8H,4-6,15H2,1-3H3. The first kappa shape index (κ1) is 15.3. The van der Waals surface area contributed by atoms with Crippen molar-refractivity contribution in [3.63, 3.8) is 0 Å². The number of aromatic nitrogens is 2. The van der Waals surface area contributed by atoms with Gasteiger partial charge in [-0.3, -0.25) is 4.79 Å². The van der Waals surface area contributed by atoms with Crippen molar-refractivity contribution >= 4 is 28.5 Å². The second-order valence-corrected chi connectivity index (χ2v) is 7.53. The normalized spacial score (nSPS) is 11.8. The predicted molar refractivity (Wildman–Crippen MR) is 83.7 cm³/mol. The van der Waals surface area contributed by atoms with Crippen molar-refractivity contribution < 1.29 is 4.79 Å². The van der Waals surface area contributed by atoms with Crippen molar-refractivity contribution in [3.05, 3.63) is 32.2 Å². The Balaban J connectivity index is 2.05. The summed E-state index contributed by atoms with van der Waals surface area (Å²) in [4.78, 5) is 21.0. The maximum Gasteiger partial charge on any atom is 0.188 e. The molecular formula is C14H19N3OS2. The first-order valence-electron chi connectivity index (χ1n) is 6.52. The quantitative estimate of drug-likeness (QED) is 0.862. The molecule has 0 fully saturated rings. The third kappa shape index (κ3) is 3.71. The third-order valence-electron chi connectivity index (χ3n) is 2.83. The number of carbonyl (C=O) groups excluding carboxylic acids is 1. The van der Waals surface area contributed by atoms with Gasteiger partial charge in [-0.05, 0) is 6.54 Å². The average molecular weight is 309 g/mol. The molecule has 0 spiro atoms. The van der Waals surface area contributed by atoms with Gasteiger partial charge in [-0.2, -0.15) is 0 Å². The zero-order valence-corrected chi connectivity index (χ0v) is 13.6. The summed E-state index contributed by atoms with van der Waals surface area (Å²) in [6.07, 6.45) is 1.05. The molecule has 20 heavy (non-hydrogen) atoms. The van der Waals surface area contributed by atoms with Crippen LogP contribution in [0.4, 0.5) is 0 Å². The van der Waals surface area contributed by atoms with Crippen LogP contribution in [-0.2, 0) is 18.3 Å². The van der Waals surface area contributed by atoms with Crippen molar-refractivity contribution in [2.45, 2.75) is 39.0 Å². The van der Waals surface area contributed by atoms with Crippen LogP contribution in [-0.4, -0.2) is 22.3 Å². The van der Waals surface area contributed by atoms with Crippen LogP contribution in [0.25, 0.3) is 0 Å². The van der Waals surface area contributed by atoms with Crippen LogP contribution in [0, 0.1) is 0 Å². The van der Waals surface area contributed by atoms with Crippen LogP contribution in [0.15, 0.2) is 10.8 Å². The average Bonchev–Trinajstić information content (AvgIpc) is 2.97. The fraction of sp³-hybridized carbons (Fsp3) is 0.500. The molecule has 0 aliphatic rings. The summed E-state index contributed by atoms with van der Waals surface area (Å²) in [7, 11) is 0. The van der Waals surface area contributed by atoms with Crippen LogP contribution in [0.2, 0.25) is 0 Å². The number of nitrogens with zero attached hydrogens (tertiary/aromatic N) is 2. The van der Waals surface area contributed by atoms with Gasteiger partial charge in [0.25, 0.3) is 0 Å². The summed E-state index contributed by atoms with van der Waals surface area (Å²) in [5.74, 6) is 0.0272. The zero-order chi connectivity index (χ0) is 14.8. The van der Waals surface area contributed by atoms with Crippen molar-refractivity contribution in [1.29, 1.82) is 0 Å². The topological polar surface area (TPSA) is 68.9 Å².